The largest absolute Gasteiger partial charge is 0.494 e. The number of piperidine rings is 1. The number of likely N-dealkylation sites (tertiary alicyclic amines) is 1. The number of halogens is 2. The Morgan fingerprint density at radius 1 is 1.22 bits per heavy atom. The van der Waals surface area contributed by atoms with Gasteiger partial charge in [0.15, 0.2) is 0 Å². The standard InChI is InChI=1S/C19H24N4O2.2ClH/c1-2-25-16-7-5-15(6-8-16)22-18-17(4-3-11-21-18)19(24)23-12-9-14(20)10-13-23;;/h3-8,11,14H,2,9-10,12-13,20H2,1H3,(H,21,22);2*1H. The average Bonchev–Trinajstić information content (AvgIpc) is 2.64. The normalized spacial score (nSPS) is 13.9. The van der Waals surface area contributed by atoms with Crippen LogP contribution < -0.4 is 15.8 Å². The van der Waals surface area contributed by atoms with Gasteiger partial charge in [0.2, 0.25) is 0 Å². The fraction of sp³-hybridized carbons (Fsp3) is 0.368. The summed E-state index contributed by atoms with van der Waals surface area (Å²) in [5.74, 6) is 1.37. The summed E-state index contributed by atoms with van der Waals surface area (Å²) in [5, 5.41) is 3.23. The van der Waals surface area contributed by atoms with Gasteiger partial charge in [0, 0.05) is 31.0 Å². The van der Waals surface area contributed by atoms with Gasteiger partial charge in [-0.05, 0) is 56.2 Å². The first-order valence-corrected chi connectivity index (χ1v) is 8.67. The van der Waals surface area contributed by atoms with E-state index in [2.05, 4.69) is 10.3 Å². The fourth-order valence-electron chi connectivity index (χ4n) is 2.89. The number of aromatic nitrogens is 1. The van der Waals surface area contributed by atoms with Crippen LogP contribution >= 0.6 is 24.8 Å². The van der Waals surface area contributed by atoms with E-state index >= 15 is 0 Å². The predicted molar refractivity (Wildman–Crippen MR) is 113 cm³/mol. The molecule has 0 atom stereocenters. The molecule has 2 aromatic rings. The summed E-state index contributed by atoms with van der Waals surface area (Å²) in [6, 6.07) is 11.4. The van der Waals surface area contributed by atoms with E-state index < -0.39 is 0 Å². The van der Waals surface area contributed by atoms with E-state index in [1.807, 2.05) is 36.1 Å². The Morgan fingerprint density at radius 3 is 2.52 bits per heavy atom. The van der Waals surface area contributed by atoms with Gasteiger partial charge in [-0.1, -0.05) is 0 Å². The lowest BCUT2D eigenvalue weighted by molar-refractivity contribution is 0.0715. The molecule has 2 heterocycles. The van der Waals surface area contributed by atoms with E-state index in [0.29, 0.717) is 31.1 Å². The molecule has 1 amide bonds. The number of nitrogens with two attached hydrogens (primary N) is 1. The van der Waals surface area contributed by atoms with E-state index in [4.69, 9.17) is 10.5 Å². The lowest BCUT2D eigenvalue weighted by Gasteiger charge is -2.30. The van der Waals surface area contributed by atoms with Crippen molar-refractivity contribution < 1.29 is 9.53 Å². The van der Waals surface area contributed by atoms with Crippen molar-refractivity contribution in [3.8, 4) is 5.75 Å². The Labute approximate surface area is 172 Å². The van der Waals surface area contributed by atoms with Crippen LogP contribution in [0.3, 0.4) is 0 Å². The van der Waals surface area contributed by atoms with Crippen LogP contribution in [-0.2, 0) is 0 Å². The molecule has 0 bridgehead atoms. The highest BCUT2D eigenvalue weighted by atomic mass is 35.5. The van der Waals surface area contributed by atoms with Crippen molar-refractivity contribution in [3.63, 3.8) is 0 Å². The lowest BCUT2D eigenvalue weighted by atomic mass is 10.1. The summed E-state index contributed by atoms with van der Waals surface area (Å²) in [4.78, 5) is 19.0. The zero-order chi connectivity index (χ0) is 17.6. The van der Waals surface area contributed by atoms with Gasteiger partial charge >= 0.3 is 0 Å². The molecule has 0 spiro atoms. The third-order valence-electron chi connectivity index (χ3n) is 4.29. The molecular formula is C19H26Cl2N4O2. The van der Waals surface area contributed by atoms with Gasteiger partial charge in [-0.2, -0.15) is 0 Å². The third kappa shape index (κ3) is 5.99. The second kappa shape index (κ2) is 11.0. The molecule has 0 aliphatic carbocycles. The van der Waals surface area contributed by atoms with Crippen molar-refractivity contribution in [2.75, 3.05) is 25.0 Å². The van der Waals surface area contributed by atoms with Crippen molar-refractivity contribution in [1.82, 2.24) is 9.88 Å². The van der Waals surface area contributed by atoms with Gasteiger partial charge in [0.1, 0.15) is 11.6 Å². The van der Waals surface area contributed by atoms with E-state index in [1.54, 1.807) is 18.3 Å². The van der Waals surface area contributed by atoms with Crippen molar-refractivity contribution >= 4 is 42.2 Å². The minimum atomic E-state index is -0.00608. The number of anilines is 2. The Kier molecular flexibility index (Phi) is 9.35. The SMILES string of the molecule is CCOc1ccc(Nc2ncccc2C(=O)N2CCC(N)CC2)cc1.Cl.Cl. The lowest BCUT2D eigenvalue weighted by Crippen LogP contribution is -2.43. The molecule has 0 radical (unpaired) electrons. The molecule has 1 aromatic heterocycles. The minimum absolute atomic E-state index is 0. The molecule has 1 aliphatic rings. The number of carbonyl (C=O) groups is 1. The molecule has 1 aliphatic heterocycles. The van der Waals surface area contributed by atoms with Crippen LogP contribution in [0.4, 0.5) is 11.5 Å². The second-order valence-electron chi connectivity index (χ2n) is 6.11. The highest BCUT2D eigenvalue weighted by Crippen LogP contribution is 2.23. The summed E-state index contributed by atoms with van der Waals surface area (Å²) < 4.78 is 5.45. The molecule has 1 aromatic carbocycles. The molecule has 27 heavy (non-hydrogen) atoms. The van der Waals surface area contributed by atoms with Gasteiger partial charge in [0.05, 0.1) is 12.2 Å². The molecule has 6 nitrogen and oxygen atoms in total. The second-order valence-corrected chi connectivity index (χ2v) is 6.11. The molecule has 0 unspecified atom stereocenters. The summed E-state index contributed by atoms with van der Waals surface area (Å²) >= 11 is 0. The number of rotatable bonds is 5. The number of nitrogens with zero attached hydrogens (tertiary/aromatic N) is 2. The molecular weight excluding hydrogens is 387 g/mol. The summed E-state index contributed by atoms with van der Waals surface area (Å²) in [6.07, 6.45) is 3.36. The first-order chi connectivity index (χ1) is 12.2. The Hall–Kier alpha value is -2.02. The van der Waals surface area contributed by atoms with Gasteiger partial charge in [-0.25, -0.2) is 4.98 Å². The van der Waals surface area contributed by atoms with Crippen molar-refractivity contribution in [2.24, 2.45) is 5.73 Å². The number of hydrogen-bond acceptors (Lipinski definition) is 5. The smallest absolute Gasteiger partial charge is 0.257 e. The maximum atomic E-state index is 12.8. The number of ether oxygens (including phenoxy) is 1. The predicted octanol–water partition coefficient (Wildman–Crippen LogP) is 3.63. The number of benzene rings is 1. The van der Waals surface area contributed by atoms with Crippen LogP contribution in [0.1, 0.15) is 30.1 Å². The number of hydrogen-bond donors (Lipinski definition) is 2. The number of carbonyl (C=O) groups excluding carboxylic acids is 1. The summed E-state index contributed by atoms with van der Waals surface area (Å²) in [6.45, 7) is 3.96. The molecule has 0 saturated carbocycles. The molecule has 1 fully saturated rings. The van der Waals surface area contributed by atoms with Gasteiger partial charge in [-0.15, -0.1) is 24.8 Å². The van der Waals surface area contributed by atoms with Crippen molar-refractivity contribution in [3.05, 3.63) is 48.2 Å². The monoisotopic (exact) mass is 412 g/mol. The maximum Gasteiger partial charge on any atom is 0.257 e. The van der Waals surface area contributed by atoms with E-state index in [9.17, 15) is 4.79 Å². The Balaban J connectivity index is 0.00000182. The van der Waals surface area contributed by atoms with Gasteiger partial charge in [-0.3, -0.25) is 4.79 Å². The van der Waals surface area contributed by atoms with Crippen molar-refractivity contribution in [2.45, 2.75) is 25.8 Å². The minimum Gasteiger partial charge on any atom is -0.494 e. The zero-order valence-electron chi connectivity index (χ0n) is 15.3. The zero-order valence-corrected chi connectivity index (χ0v) is 16.9. The highest BCUT2D eigenvalue weighted by molar-refractivity contribution is 5.99. The quantitative estimate of drug-likeness (QED) is 0.783. The van der Waals surface area contributed by atoms with E-state index in [0.717, 1.165) is 24.3 Å². The third-order valence-corrected chi connectivity index (χ3v) is 4.29. The summed E-state index contributed by atoms with van der Waals surface area (Å²) in [5.41, 5.74) is 7.36. The van der Waals surface area contributed by atoms with Gasteiger partial charge < -0.3 is 20.7 Å². The highest BCUT2D eigenvalue weighted by Gasteiger charge is 2.23. The van der Waals surface area contributed by atoms with E-state index in [-0.39, 0.29) is 36.8 Å². The number of nitrogens with one attached hydrogen (secondary N) is 1. The molecule has 3 rings (SSSR count). The van der Waals surface area contributed by atoms with E-state index in [1.165, 1.54) is 0 Å². The van der Waals surface area contributed by atoms with Gasteiger partial charge in [0.25, 0.3) is 5.91 Å². The first-order valence-electron chi connectivity index (χ1n) is 8.67. The first kappa shape index (κ1) is 23.0. The fourth-order valence-corrected chi connectivity index (χ4v) is 2.89. The van der Waals surface area contributed by atoms with Crippen LogP contribution in [0.2, 0.25) is 0 Å². The summed E-state index contributed by atoms with van der Waals surface area (Å²) in [7, 11) is 0. The Bertz CT molecular complexity index is 720. The van der Waals surface area contributed by atoms with Crippen molar-refractivity contribution in [1.29, 1.82) is 0 Å². The van der Waals surface area contributed by atoms with Crippen LogP contribution in [0, 0.1) is 0 Å². The van der Waals surface area contributed by atoms with Crippen LogP contribution in [0.5, 0.6) is 5.75 Å². The molecule has 1 saturated heterocycles. The Morgan fingerprint density at radius 2 is 1.89 bits per heavy atom. The van der Waals surface area contributed by atoms with Crippen LogP contribution in [0.15, 0.2) is 42.6 Å². The average molecular weight is 413 g/mol. The van der Waals surface area contributed by atoms with Crippen LogP contribution in [0.25, 0.3) is 0 Å². The van der Waals surface area contributed by atoms with Crippen LogP contribution in [-0.4, -0.2) is 41.5 Å². The number of pyridine rings is 1. The molecule has 148 valence electrons. The maximum absolute atomic E-state index is 12.8. The topological polar surface area (TPSA) is 80.5 Å². The number of amides is 1. The molecule has 3 N–H and O–H groups in total. The molecule has 8 heteroatoms.